The molecule has 3 rings (SSSR count). The normalized spacial score (nSPS) is 10.9. The SMILES string of the molecule is COc1ccc(NC(=O)c2cc(N=C(N)NC(=O)c3cc(OC)c(OC)c(OC)c3)ccc2Cl)cc1. The lowest BCUT2D eigenvalue weighted by Crippen LogP contribution is -2.36. The summed E-state index contributed by atoms with van der Waals surface area (Å²) in [7, 11) is 5.90. The molecule has 0 heterocycles. The van der Waals surface area contributed by atoms with Crippen LogP contribution in [0.5, 0.6) is 23.0 Å². The largest absolute Gasteiger partial charge is 0.497 e. The Labute approximate surface area is 213 Å². The molecular formula is C25H25ClN4O6. The summed E-state index contributed by atoms with van der Waals surface area (Å²) in [5.41, 5.74) is 7.19. The number of carbonyl (C=O) groups excluding carboxylic acids is 2. The third-order valence-electron chi connectivity index (χ3n) is 4.96. The van der Waals surface area contributed by atoms with Crippen LogP contribution in [0.25, 0.3) is 0 Å². The molecule has 10 nitrogen and oxygen atoms in total. The van der Waals surface area contributed by atoms with Gasteiger partial charge in [-0.25, -0.2) is 4.99 Å². The van der Waals surface area contributed by atoms with Crippen molar-refractivity contribution in [3.63, 3.8) is 0 Å². The first kappa shape index (κ1) is 26.2. The molecule has 0 spiro atoms. The maximum absolute atomic E-state index is 12.8. The van der Waals surface area contributed by atoms with Gasteiger partial charge in [0.25, 0.3) is 11.8 Å². The van der Waals surface area contributed by atoms with Gasteiger partial charge in [-0.2, -0.15) is 0 Å². The monoisotopic (exact) mass is 512 g/mol. The van der Waals surface area contributed by atoms with Crippen LogP contribution in [0.1, 0.15) is 20.7 Å². The van der Waals surface area contributed by atoms with E-state index in [0.717, 1.165) is 0 Å². The highest BCUT2D eigenvalue weighted by Gasteiger charge is 2.18. The Morgan fingerprint density at radius 3 is 2.03 bits per heavy atom. The van der Waals surface area contributed by atoms with Gasteiger partial charge in [-0.3, -0.25) is 14.9 Å². The fraction of sp³-hybridized carbons (Fsp3) is 0.160. The zero-order valence-corrected chi connectivity index (χ0v) is 20.8. The van der Waals surface area contributed by atoms with Crippen LogP contribution in [0, 0.1) is 0 Å². The highest BCUT2D eigenvalue weighted by molar-refractivity contribution is 6.34. The summed E-state index contributed by atoms with van der Waals surface area (Å²) in [6.07, 6.45) is 0. The van der Waals surface area contributed by atoms with Gasteiger partial charge in [-0.1, -0.05) is 11.6 Å². The van der Waals surface area contributed by atoms with Gasteiger partial charge in [0, 0.05) is 11.3 Å². The van der Waals surface area contributed by atoms with Crippen LogP contribution >= 0.6 is 11.6 Å². The number of amides is 2. The molecule has 0 aromatic heterocycles. The van der Waals surface area contributed by atoms with Crippen molar-refractivity contribution in [3.8, 4) is 23.0 Å². The molecule has 0 aliphatic heterocycles. The second-order valence-corrected chi connectivity index (χ2v) is 7.62. The molecule has 0 radical (unpaired) electrons. The summed E-state index contributed by atoms with van der Waals surface area (Å²) in [5.74, 6) is 0.429. The summed E-state index contributed by atoms with van der Waals surface area (Å²) in [5, 5.41) is 5.47. The summed E-state index contributed by atoms with van der Waals surface area (Å²) in [6, 6.07) is 14.3. The third kappa shape index (κ3) is 6.16. The minimum Gasteiger partial charge on any atom is -0.497 e. The summed E-state index contributed by atoms with van der Waals surface area (Å²) in [6.45, 7) is 0. The molecule has 0 saturated heterocycles. The molecular weight excluding hydrogens is 488 g/mol. The van der Waals surface area contributed by atoms with Gasteiger partial charge in [-0.05, 0) is 54.6 Å². The number of halogens is 1. The first-order valence-corrected chi connectivity index (χ1v) is 10.9. The lowest BCUT2D eigenvalue weighted by atomic mass is 10.1. The molecule has 188 valence electrons. The lowest BCUT2D eigenvalue weighted by molar-refractivity contribution is 0.0974. The van der Waals surface area contributed by atoms with E-state index in [9.17, 15) is 9.59 Å². The van der Waals surface area contributed by atoms with E-state index in [2.05, 4.69) is 15.6 Å². The fourth-order valence-electron chi connectivity index (χ4n) is 3.20. The van der Waals surface area contributed by atoms with E-state index < -0.39 is 11.8 Å². The Hall–Kier alpha value is -4.44. The van der Waals surface area contributed by atoms with Gasteiger partial charge in [0.2, 0.25) is 11.7 Å². The number of guanidine groups is 1. The highest BCUT2D eigenvalue weighted by Crippen LogP contribution is 2.38. The molecule has 0 bridgehead atoms. The first-order chi connectivity index (χ1) is 17.3. The quantitative estimate of drug-likeness (QED) is 0.307. The Balaban J connectivity index is 1.78. The Kier molecular flexibility index (Phi) is 8.58. The number of anilines is 1. The van der Waals surface area contributed by atoms with Crippen molar-refractivity contribution in [2.24, 2.45) is 10.7 Å². The number of hydrogen-bond donors (Lipinski definition) is 3. The number of carbonyl (C=O) groups is 2. The van der Waals surface area contributed by atoms with Crippen LogP contribution in [-0.2, 0) is 0 Å². The van der Waals surface area contributed by atoms with Gasteiger partial charge in [0.1, 0.15) is 5.75 Å². The van der Waals surface area contributed by atoms with Crippen molar-refractivity contribution in [1.82, 2.24) is 5.32 Å². The molecule has 11 heteroatoms. The molecule has 0 saturated carbocycles. The second kappa shape index (κ2) is 11.8. The maximum atomic E-state index is 12.8. The number of ether oxygens (including phenoxy) is 4. The molecule has 0 atom stereocenters. The van der Waals surface area contributed by atoms with E-state index in [1.807, 2.05) is 0 Å². The average Bonchev–Trinajstić information content (AvgIpc) is 2.89. The maximum Gasteiger partial charge on any atom is 0.258 e. The zero-order chi connectivity index (χ0) is 26.2. The Morgan fingerprint density at radius 1 is 0.833 bits per heavy atom. The minimum absolute atomic E-state index is 0.178. The highest BCUT2D eigenvalue weighted by atomic mass is 35.5. The van der Waals surface area contributed by atoms with Gasteiger partial charge < -0.3 is 30.0 Å². The number of methoxy groups -OCH3 is 4. The summed E-state index contributed by atoms with van der Waals surface area (Å²) in [4.78, 5) is 29.7. The predicted molar refractivity (Wildman–Crippen MR) is 137 cm³/mol. The van der Waals surface area contributed by atoms with Crippen molar-refractivity contribution in [3.05, 3.63) is 70.7 Å². The zero-order valence-electron chi connectivity index (χ0n) is 20.0. The van der Waals surface area contributed by atoms with Gasteiger partial charge >= 0.3 is 0 Å². The lowest BCUT2D eigenvalue weighted by Gasteiger charge is -2.14. The smallest absolute Gasteiger partial charge is 0.258 e. The molecule has 0 aliphatic carbocycles. The third-order valence-corrected chi connectivity index (χ3v) is 5.29. The number of aliphatic imine (C=N–C) groups is 1. The van der Waals surface area contributed by atoms with Gasteiger partial charge in [0.05, 0.1) is 44.7 Å². The molecule has 0 fully saturated rings. The number of nitrogens with one attached hydrogen (secondary N) is 2. The molecule has 4 N–H and O–H groups in total. The van der Waals surface area contributed by atoms with Crippen LogP contribution in [-0.4, -0.2) is 46.2 Å². The topological polar surface area (TPSA) is 134 Å². The molecule has 0 unspecified atom stereocenters. The van der Waals surface area contributed by atoms with Crippen LogP contribution in [0.2, 0.25) is 5.02 Å². The summed E-state index contributed by atoms with van der Waals surface area (Å²) < 4.78 is 20.9. The van der Waals surface area contributed by atoms with Crippen molar-refractivity contribution in [2.45, 2.75) is 0 Å². The van der Waals surface area contributed by atoms with E-state index in [0.29, 0.717) is 34.4 Å². The van der Waals surface area contributed by atoms with Crippen molar-refractivity contribution in [2.75, 3.05) is 33.8 Å². The molecule has 36 heavy (non-hydrogen) atoms. The number of nitrogens with two attached hydrogens (primary N) is 1. The van der Waals surface area contributed by atoms with E-state index in [1.165, 1.54) is 45.6 Å². The molecule has 3 aromatic rings. The standard InChI is InChI=1S/C25H25ClN4O6/c1-33-17-8-5-15(6-9-17)28-24(32)18-13-16(7-10-19(18)26)29-25(27)30-23(31)14-11-20(34-2)22(36-4)21(12-14)35-3/h5-13H,1-4H3,(H,28,32)(H3,27,29,30,31). The van der Waals surface area contributed by atoms with Gasteiger partial charge in [0.15, 0.2) is 11.5 Å². The van der Waals surface area contributed by atoms with E-state index in [4.69, 9.17) is 36.3 Å². The van der Waals surface area contributed by atoms with E-state index in [-0.39, 0.29) is 22.1 Å². The van der Waals surface area contributed by atoms with Crippen molar-refractivity contribution < 1.29 is 28.5 Å². The van der Waals surface area contributed by atoms with Crippen LogP contribution < -0.4 is 35.3 Å². The van der Waals surface area contributed by atoms with Crippen LogP contribution in [0.4, 0.5) is 11.4 Å². The van der Waals surface area contributed by atoms with Gasteiger partial charge in [-0.15, -0.1) is 0 Å². The summed E-state index contributed by atoms with van der Waals surface area (Å²) >= 11 is 6.22. The van der Waals surface area contributed by atoms with Crippen molar-refractivity contribution in [1.29, 1.82) is 0 Å². The predicted octanol–water partition coefficient (Wildman–Crippen LogP) is 4.00. The second-order valence-electron chi connectivity index (χ2n) is 7.21. The molecule has 3 aromatic carbocycles. The fourth-order valence-corrected chi connectivity index (χ4v) is 3.40. The van der Waals surface area contributed by atoms with Crippen LogP contribution in [0.3, 0.4) is 0 Å². The molecule has 0 aliphatic rings. The molecule has 2 amide bonds. The Morgan fingerprint density at radius 2 is 1.47 bits per heavy atom. The minimum atomic E-state index is -0.554. The van der Waals surface area contributed by atoms with E-state index >= 15 is 0 Å². The van der Waals surface area contributed by atoms with Crippen LogP contribution in [0.15, 0.2) is 59.6 Å². The number of hydrogen-bond acceptors (Lipinski definition) is 7. The number of nitrogens with zero attached hydrogens (tertiary/aromatic N) is 1. The number of benzene rings is 3. The number of rotatable bonds is 8. The van der Waals surface area contributed by atoms with Crippen molar-refractivity contribution >= 4 is 40.7 Å². The van der Waals surface area contributed by atoms with E-state index in [1.54, 1.807) is 37.4 Å². The Bertz CT molecular complexity index is 1270. The first-order valence-electron chi connectivity index (χ1n) is 10.5. The average molecular weight is 513 g/mol.